The fourth-order valence-electron chi connectivity index (χ4n) is 3.30. The van der Waals surface area contributed by atoms with Gasteiger partial charge in [0.25, 0.3) is 5.91 Å². The number of nitrogens with zero attached hydrogens (tertiary/aromatic N) is 1. The third-order valence-electron chi connectivity index (χ3n) is 4.20. The first-order chi connectivity index (χ1) is 12.6. The highest BCUT2D eigenvalue weighted by molar-refractivity contribution is 5.96. The van der Waals surface area contributed by atoms with E-state index >= 15 is 0 Å². The first-order valence-corrected chi connectivity index (χ1v) is 9.17. The number of carbonyl (C=O) groups excluding carboxylic acids is 1. The second kappa shape index (κ2) is 8.42. The Bertz CT molecular complexity index is 767. The number of benzene rings is 1. The van der Waals surface area contributed by atoms with Gasteiger partial charge in [0.05, 0.1) is 6.26 Å². The number of carbonyl (C=O) groups is 1. The van der Waals surface area contributed by atoms with Gasteiger partial charge in [0.15, 0.2) is 6.61 Å². The van der Waals surface area contributed by atoms with Crippen LogP contribution in [0.4, 0.5) is 0 Å². The summed E-state index contributed by atoms with van der Waals surface area (Å²) < 4.78 is 10.8. The molecule has 0 saturated heterocycles. The van der Waals surface area contributed by atoms with E-state index < -0.39 is 0 Å². The highest BCUT2D eigenvalue weighted by Gasteiger charge is 2.27. The van der Waals surface area contributed by atoms with E-state index in [1.807, 2.05) is 12.1 Å². The highest BCUT2D eigenvalue weighted by atomic mass is 16.5. The number of nitrogens with one attached hydrogen (secondary N) is 1. The normalized spacial score (nSPS) is 12.7. The molecule has 1 aromatic carbocycles. The first-order valence-electron chi connectivity index (χ1n) is 9.17. The number of rotatable bonds is 7. The minimum Gasteiger partial charge on any atom is -0.484 e. The van der Waals surface area contributed by atoms with Crippen LogP contribution in [0.3, 0.4) is 0 Å². The lowest BCUT2D eigenvalue weighted by molar-refractivity contribution is -0.123. The maximum atomic E-state index is 11.9. The lowest BCUT2D eigenvalue weighted by atomic mass is 9.72. The van der Waals surface area contributed by atoms with Gasteiger partial charge in [0, 0.05) is 0 Å². The Balaban J connectivity index is 1.87. The minimum atomic E-state index is -0.321. The molecule has 1 heterocycles. The van der Waals surface area contributed by atoms with Crippen molar-refractivity contribution >= 4 is 11.6 Å². The molecule has 0 fully saturated rings. The predicted molar refractivity (Wildman–Crippen MR) is 108 cm³/mol. The Morgan fingerprint density at radius 3 is 2.33 bits per heavy atom. The monoisotopic (exact) mass is 370 g/mol. The quantitative estimate of drug-likeness (QED) is 0.556. The largest absolute Gasteiger partial charge is 0.484 e. The summed E-state index contributed by atoms with van der Waals surface area (Å²) in [6, 6.07) is 11.5. The summed E-state index contributed by atoms with van der Waals surface area (Å²) in [6.45, 7) is 12.9. The average Bonchev–Trinajstić information content (AvgIpc) is 3.11. The Morgan fingerprint density at radius 1 is 1.11 bits per heavy atom. The van der Waals surface area contributed by atoms with Crippen molar-refractivity contribution in [3.8, 4) is 5.75 Å². The molecule has 5 nitrogen and oxygen atoms in total. The Labute approximate surface area is 161 Å². The first kappa shape index (κ1) is 20.7. The van der Waals surface area contributed by atoms with Crippen molar-refractivity contribution in [1.29, 1.82) is 0 Å². The van der Waals surface area contributed by atoms with Crippen molar-refractivity contribution < 1.29 is 13.9 Å². The van der Waals surface area contributed by atoms with Crippen LogP contribution in [0.15, 0.2) is 52.2 Å². The summed E-state index contributed by atoms with van der Waals surface area (Å²) >= 11 is 0. The van der Waals surface area contributed by atoms with Crippen LogP contribution in [0.2, 0.25) is 0 Å². The van der Waals surface area contributed by atoms with Gasteiger partial charge >= 0.3 is 0 Å². The number of amides is 1. The van der Waals surface area contributed by atoms with Gasteiger partial charge in [-0.25, -0.2) is 5.43 Å². The number of hydrazone groups is 1. The molecule has 0 atom stereocenters. The van der Waals surface area contributed by atoms with Crippen molar-refractivity contribution in [2.45, 2.75) is 53.4 Å². The van der Waals surface area contributed by atoms with E-state index in [2.05, 4.69) is 57.3 Å². The van der Waals surface area contributed by atoms with E-state index in [0.29, 0.717) is 17.2 Å². The van der Waals surface area contributed by atoms with Crippen molar-refractivity contribution in [2.24, 2.45) is 10.5 Å². The Kier molecular flexibility index (Phi) is 6.47. The molecule has 1 aromatic heterocycles. The van der Waals surface area contributed by atoms with Crippen LogP contribution in [0, 0.1) is 5.41 Å². The summed E-state index contributed by atoms with van der Waals surface area (Å²) in [5.74, 6) is 0.954. The van der Waals surface area contributed by atoms with Crippen LogP contribution in [0.25, 0.3) is 0 Å². The molecule has 0 aliphatic rings. The zero-order valence-electron chi connectivity index (χ0n) is 17.1. The maximum absolute atomic E-state index is 11.9. The Hall–Kier alpha value is -2.56. The summed E-state index contributed by atoms with van der Waals surface area (Å²) in [7, 11) is 0. The smallest absolute Gasteiger partial charge is 0.277 e. The molecule has 0 bridgehead atoms. The van der Waals surface area contributed by atoms with E-state index in [1.54, 1.807) is 25.3 Å². The number of hydrogen-bond donors (Lipinski definition) is 1. The van der Waals surface area contributed by atoms with Gasteiger partial charge in [-0.2, -0.15) is 5.10 Å². The van der Waals surface area contributed by atoms with Crippen molar-refractivity contribution in [2.75, 3.05) is 6.61 Å². The van der Waals surface area contributed by atoms with Crippen LogP contribution < -0.4 is 10.2 Å². The molecule has 2 aromatic rings. The topological polar surface area (TPSA) is 63.8 Å². The molecule has 0 spiro atoms. The summed E-state index contributed by atoms with van der Waals surface area (Å²) in [4.78, 5) is 11.9. The summed E-state index contributed by atoms with van der Waals surface area (Å²) in [5, 5.41) is 4.00. The molecule has 0 radical (unpaired) electrons. The van der Waals surface area contributed by atoms with Gasteiger partial charge in [-0.05, 0) is 54.0 Å². The zero-order chi connectivity index (χ0) is 20.1. The van der Waals surface area contributed by atoms with Crippen LogP contribution >= 0.6 is 0 Å². The number of furan rings is 1. The molecule has 0 aliphatic heterocycles. The fourth-order valence-corrected chi connectivity index (χ4v) is 3.30. The Morgan fingerprint density at radius 2 is 1.78 bits per heavy atom. The van der Waals surface area contributed by atoms with Crippen molar-refractivity contribution in [3.05, 3.63) is 54.0 Å². The summed E-state index contributed by atoms with van der Waals surface area (Å²) in [5.41, 5.74) is 4.65. The standard InChI is InChI=1S/C22H30N2O3/c1-16(19-8-7-13-26-19)23-24-20(25)14-27-18-11-9-17(10-12-18)22(5,6)15-21(2,3)4/h7-13H,14-15H2,1-6H3,(H,24,25)/b23-16+. The molecular weight excluding hydrogens is 340 g/mol. The number of hydrogen-bond acceptors (Lipinski definition) is 4. The minimum absolute atomic E-state index is 0.0756. The average molecular weight is 370 g/mol. The van der Waals surface area contributed by atoms with Gasteiger partial charge in [0.2, 0.25) is 0 Å². The van der Waals surface area contributed by atoms with Crippen molar-refractivity contribution in [3.63, 3.8) is 0 Å². The van der Waals surface area contributed by atoms with Gasteiger partial charge in [-0.1, -0.05) is 46.8 Å². The molecular formula is C22H30N2O3. The predicted octanol–water partition coefficient (Wildman–Crippen LogP) is 4.91. The van der Waals surface area contributed by atoms with Gasteiger partial charge in [0.1, 0.15) is 17.2 Å². The molecule has 0 aliphatic carbocycles. The van der Waals surface area contributed by atoms with E-state index in [-0.39, 0.29) is 23.3 Å². The number of ether oxygens (including phenoxy) is 1. The van der Waals surface area contributed by atoms with Gasteiger partial charge < -0.3 is 9.15 Å². The molecule has 0 saturated carbocycles. The second-order valence-electron chi connectivity index (χ2n) is 8.64. The highest BCUT2D eigenvalue weighted by Crippen LogP contribution is 2.36. The fraction of sp³-hybridized carbons (Fsp3) is 0.455. The SMILES string of the molecule is C/C(=N\NC(=O)COc1ccc(C(C)(C)CC(C)(C)C)cc1)c1ccco1. The molecule has 27 heavy (non-hydrogen) atoms. The molecule has 146 valence electrons. The van der Waals surface area contributed by atoms with Crippen LogP contribution in [-0.2, 0) is 10.2 Å². The summed E-state index contributed by atoms with van der Waals surface area (Å²) in [6.07, 6.45) is 2.64. The van der Waals surface area contributed by atoms with Crippen LogP contribution in [-0.4, -0.2) is 18.2 Å². The third-order valence-corrected chi connectivity index (χ3v) is 4.20. The van der Waals surface area contributed by atoms with E-state index in [9.17, 15) is 4.79 Å². The van der Waals surface area contributed by atoms with Gasteiger partial charge in [-0.15, -0.1) is 0 Å². The zero-order valence-corrected chi connectivity index (χ0v) is 17.1. The third kappa shape index (κ3) is 6.59. The molecule has 1 amide bonds. The van der Waals surface area contributed by atoms with Crippen LogP contribution in [0.5, 0.6) is 5.75 Å². The van der Waals surface area contributed by atoms with E-state index in [0.717, 1.165) is 6.42 Å². The molecule has 5 heteroatoms. The van der Waals surface area contributed by atoms with Gasteiger partial charge in [-0.3, -0.25) is 4.79 Å². The molecule has 2 rings (SSSR count). The van der Waals surface area contributed by atoms with E-state index in [4.69, 9.17) is 9.15 Å². The molecule has 1 N–H and O–H groups in total. The lowest BCUT2D eigenvalue weighted by Gasteiger charge is -2.33. The lowest BCUT2D eigenvalue weighted by Crippen LogP contribution is -2.26. The maximum Gasteiger partial charge on any atom is 0.277 e. The van der Waals surface area contributed by atoms with Crippen LogP contribution in [0.1, 0.15) is 59.3 Å². The second-order valence-corrected chi connectivity index (χ2v) is 8.64. The van der Waals surface area contributed by atoms with Crippen molar-refractivity contribution in [1.82, 2.24) is 5.43 Å². The molecule has 0 unspecified atom stereocenters. The van der Waals surface area contributed by atoms with E-state index in [1.165, 1.54) is 5.56 Å².